The van der Waals surface area contributed by atoms with Gasteiger partial charge in [0.2, 0.25) is 11.8 Å². The molecule has 4 heterocycles. The molecular weight excluding hydrogens is 629 g/mol. The van der Waals surface area contributed by atoms with Crippen LogP contribution in [0.15, 0.2) is 24.3 Å². The third-order valence-electron chi connectivity index (χ3n) is 11.4. The standard InChI is InChI=1S/C38H50FN3O7/c1-46-38(45)31-19-25-22-42(31)37(44)28(23-10-4-2-5-11-23)20-34(43)48-33-18-24(33)12-6-3-7-14-27-35(49-32-16-17-40-21-29(32)39)26-13-8-9-15-30(26)41-36(27)47-25/h8-9,13,15,23-25,28-29,31-33,40H,2-7,10-12,14,16-22H2,1H3/t24-,25-,28+,29-,31+,32+,33-/m1/s1. The molecule has 266 valence electrons. The average molecular weight is 680 g/mol. The number of aromatic nitrogens is 1. The van der Waals surface area contributed by atoms with Crippen molar-refractivity contribution in [2.45, 2.75) is 120 Å². The zero-order chi connectivity index (χ0) is 33.9. The van der Waals surface area contributed by atoms with Crippen molar-refractivity contribution in [3.8, 4) is 11.6 Å². The number of esters is 2. The monoisotopic (exact) mass is 679 g/mol. The summed E-state index contributed by atoms with van der Waals surface area (Å²) >= 11 is 0. The molecule has 3 aliphatic heterocycles. The summed E-state index contributed by atoms with van der Waals surface area (Å²) in [4.78, 5) is 47.5. The van der Waals surface area contributed by atoms with Crippen molar-refractivity contribution < 1.29 is 37.7 Å². The number of hydrogen-bond acceptors (Lipinski definition) is 9. The molecule has 7 rings (SSSR count). The SMILES string of the molecule is COC(=O)[C@@H]1C[C@@H]2CN1C(=O)[C@H](C1CCCCC1)CC(=O)O[C@@H]1C[C@H]1CCCCCc1c(nc3ccccc3c1O[C@H]1CCNC[C@H]1F)O2. The molecule has 0 radical (unpaired) electrons. The van der Waals surface area contributed by atoms with E-state index in [1.54, 1.807) is 4.90 Å². The van der Waals surface area contributed by atoms with Gasteiger partial charge in [-0.1, -0.05) is 44.2 Å². The molecule has 1 amide bonds. The van der Waals surface area contributed by atoms with E-state index in [1.165, 1.54) is 7.11 Å². The normalized spacial score (nSPS) is 31.8. The summed E-state index contributed by atoms with van der Waals surface area (Å²) in [5, 5.41) is 3.92. The maximum Gasteiger partial charge on any atom is 0.328 e. The first-order valence-electron chi connectivity index (χ1n) is 18.6. The van der Waals surface area contributed by atoms with Crippen LogP contribution in [0.1, 0.15) is 89.0 Å². The number of nitrogens with zero attached hydrogens (tertiary/aromatic N) is 2. The van der Waals surface area contributed by atoms with Gasteiger partial charge >= 0.3 is 11.9 Å². The number of amides is 1. The van der Waals surface area contributed by atoms with E-state index in [-0.39, 0.29) is 49.8 Å². The predicted octanol–water partition coefficient (Wildman–Crippen LogP) is 5.47. The van der Waals surface area contributed by atoms with Gasteiger partial charge in [-0.05, 0) is 75.5 Å². The summed E-state index contributed by atoms with van der Waals surface area (Å²) in [6.45, 7) is 1.08. The number of pyridine rings is 1. The Morgan fingerprint density at radius 1 is 0.980 bits per heavy atom. The van der Waals surface area contributed by atoms with Gasteiger partial charge in [0, 0.05) is 18.4 Å². The third kappa shape index (κ3) is 7.66. The quantitative estimate of drug-likeness (QED) is 0.420. The third-order valence-corrected chi connectivity index (χ3v) is 11.4. The lowest BCUT2D eigenvalue weighted by molar-refractivity contribution is -0.156. The molecular formula is C38H50FN3O7. The molecule has 2 saturated carbocycles. The predicted molar refractivity (Wildman–Crippen MR) is 180 cm³/mol. The minimum Gasteiger partial charge on any atom is -0.486 e. The maximum absolute atomic E-state index is 15.1. The van der Waals surface area contributed by atoms with Crippen LogP contribution in [0.4, 0.5) is 4.39 Å². The van der Waals surface area contributed by atoms with Crippen molar-refractivity contribution in [3.63, 3.8) is 0 Å². The van der Waals surface area contributed by atoms with Crippen LogP contribution in [0, 0.1) is 17.8 Å². The highest BCUT2D eigenvalue weighted by atomic mass is 19.1. The number of carbonyl (C=O) groups excluding carboxylic acids is 3. The Morgan fingerprint density at radius 3 is 2.55 bits per heavy atom. The number of halogens is 1. The summed E-state index contributed by atoms with van der Waals surface area (Å²) in [5.41, 5.74) is 1.47. The van der Waals surface area contributed by atoms with Gasteiger partial charge in [-0.15, -0.1) is 0 Å². The topological polar surface area (TPSA) is 116 Å². The van der Waals surface area contributed by atoms with E-state index in [0.717, 1.165) is 75.2 Å². The number of para-hydroxylation sites is 1. The molecule has 2 saturated heterocycles. The van der Waals surface area contributed by atoms with Gasteiger partial charge < -0.3 is 29.2 Å². The molecule has 10 nitrogen and oxygen atoms in total. The van der Waals surface area contributed by atoms with Crippen molar-refractivity contribution in [1.82, 2.24) is 15.2 Å². The number of carbonyl (C=O) groups is 3. The summed E-state index contributed by atoms with van der Waals surface area (Å²) in [6, 6.07) is 6.85. The van der Waals surface area contributed by atoms with Gasteiger partial charge in [-0.3, -0.25) is 9.59 Å². The molecule has 2 aliphatic carbocycles. The highest BCUT2D eigenvalue weighted by Gasteiger charge is 2.47. The van der Waals surface area contributed by atoms with E-state index in [9.17, 15) is 14.4 Å². The van der Waals surface area contributed by atoms with Crippen LogP contribution in [-0.2, 0) is 30.3 Å². The number of rotatable bonds is 4. The number of nitrogens with one attached hydrogen (secondary N) is 1. The molecule has 2 aromatic rings. The Morgan fingerprint density at radius 2 is 1.76 bits per heavy atom. The fourth-order valence-corrected chi connectivity index (χ4v) is 8.53. The van der Waals surface area contributed by atoms with Crippen LogP contribution in [0.3, 0.4) is 0 Å². The molecule has 5 aliphatic rings. The van der Waals surface area contributed by atoms with Gasteiger partial charge in [-0.2, -0.15) is 0 Å². The van der Waals surface area contributed by atoms with E-state index in [0.29, 0.717) is 42.5 Å². The van der Waals surface area contributed by atoms with Gasteiger partial charge in [0.05, 0.1) is 37.1 Å². The molecule has 49 heavy (non-hydrogen) atoms. The second kappa shape index (κ2) is 15.2. The number of ether oxygens (including phenoxy) is 4. The Labute approximate surface area is 287 Å². The van der Waals surface area contributed by atoms with Crippen molar-refractivity contribution in [1.29, 1.82) is 0 Å². The van der Waals surface area contributed by atoms with Gasteiger partial charge in [0.25, 0.3) is 0 Å². The van der Waals surface area contributed by atoms with Crippen LogP contribution in [0.5, 0.6) is 11.6 Å². The molecule has 1 aromatic carbocycles. The first-order valence-corrected chi connectivity index (χ1v) is 18.6. The van der Waals surface area contributed by atoms with E-state index in [1.807, 2.05) is 24.3 Å². The minimum absolute atomic E-state index is 0.0198. The van der Waals surface area contributed by atoms with Crippen molar-refractivity contribution in [2.24, 2.45) is 17.8 Å². The lowest BCUT2D eigenvalue weighted by atomic mass is 9.77. The van der Waals surface area contributed by atoms with Crippen LogP contribution in [0.25, 0.3) is 10.9 Å². The smallest absolute Gasteiger partial charge is 0.328 e. The second-order valence-electron chi connectivity index (χ2n) is 14.7. The Bertz CT molecular complexity index is 1520. The lowest BCUT2D eigenvalue weighted by Crippen LogP contribution is -2.46. The zero-order valence-electron chi connectivity index (χ0n) is 28.6. The number of fused-ring (bicyclic) bond motifs is 5. The first kappa shape index (κ1) is 34.0. The maximum atomic E-state index is 15.1. The Balaban J connectivity index is 1.25. The summed E-state index contributed by atoms with van der Waals surface area (Å²) < 4.78 is 39.5. The minimum atomic E-state index is -1.15. The molecule has 1 N–H and O–H groups in total. The molecule has 11 heteroatoms. The fraction of sp³-hybridized carbons (Fsp3) is 0.684. The van der Waals surface area contributed by atoms with Crippen LogP contribution in [0.2, 0.25) is 0 Å². The van der Waals surface area contributed by atoms with Gasteiger partial charge in [0.1, 0.15) is 36.3 Å². The second-order valence-corrected chi connectivity index (χ2v) is 14.7. The van der Waals surface area contributed by atoms with E-state index >= 15 is 4.39 Å². The number of methoxy groups -OCH3 is 1. The average Bonchev–Trinajstić information content (AvgIpc) is 3.71. The largest absolute Gasteiger partial charge is 0.486 e. The fourth-order valence-electron chi connectivity index (χ4n) is 8.53. The molecule has 4 fully saturated rings. The zero-order valence-corrected chi connectivity index (χ0v) is 28.6. The molecule has 7 atom stereocenters. The summed E-state index contributed by atoms with van der Waals surface area (Å²) in [7, 11) is 1.33. The highest BCUT2D eigenvalue weighted by molar-refractivity contribution is 5.89. The molecule has 2 bridgehead atoms. The highest BCUT2D eigenvalue weighted by Crippen LogP contribution is 2.42. The van der Waals surface area contributed by atoms with Crippen molar-refractivity contribution in [2.75, 3.05) is 26.7 Å². The van der Waals surface area contributed by atoms with Crippen LogP contribution in [-0.4, -0.2) is 85.0 Å². The lowest BCUT2D eigenvalue weighted by Gasteiger charge is -2.33. The van der Waals surface area contributed by atoms with Crippen LogP contribution >= 0.6 is 0 Å². The van der Waals surface area contributed by atoms with Crippen LogP contribution < -0.4 is 14.8 Å². The summed E-state index contributed by atoms with van der Waals surface area (Å²) in [6.07, 6.45) is 8.55. The number of piperidine rings is 1. The van der Waals surface area contributed by atoms with E-state index in [4.69, 9.17) is 23.9 Å². The van der Waals surface area contributed by atoms with E-state index in [2.05, 4.69) is 5.32 Å². The Hall–Kier alpha value is -3.47. The number of hydrogen-bond donors (Lipinski definition) is 1. The Kier molecular flexibility index (Phi) is 10.5. The molecule has 1 aromatic heterocycles. The van der Waals surface area contributed by atoms with Crippen molar-refractivity contribution >= 4 is 28.7 Å². The molecule has 0 spiro atoms. The first-order chi connectivity index (χ1) is 23.9. The summed E-state index contributed by atoms with van der Waals surface area (Å²) in [5.74, 6) is -0.208. The van der Waals surface area contributed by atoms with Gasteiger partial charge in [-0.25, -0.2) is 14.2 Å². The van der Waals surface area contributed by atoms with Crippen molar-refractivity contribution in [3.05, 3.63) is 29.8 Å². The van der Waals surface area contributed by atoms with E-state index < -0.39 is 36.3 Å². The molecule has 0 unspecified atom stereocenters. The number of benzene rings is 1. The van der Waals surface area contributed by atoms with Gasteiger partial charge in [0.15, 0.2) is 0 Å². The number of alkyl halides is 1.